The summed E-state index contributed by atoms with van der Waals surface area (Å²) in [5.74, 6) is 0.668. The molecule has 98 valence electrons. The third-order valence-corrected chi connectivity index (χ3v) is 3.69. The summed E-state index contributed by atoms with van der Waals surface area (Å²) in [5.41, 5.74) is 1.61. The molecule has 0 radical (unpaired) electrons. The number of hydrogen-bond donors (Lipinski definition) is 2. The van der Waals surface area contributed by atoms with Crippen LogP contribution in [0.1, 0.15) is 18.4 Å². The first kappa shape index (κ1) is 13.5. The molecule has 0 aliphatic heterocycles. The molecule has 18 heavy (non-hydrogen) atoms. The van der Waals surface area contributed by atoms with Gasteiger partial charge < -0.3 is 10.6 Å². The fourth-order valence-electron chi connectivity index (χ4n) is 1.60. The molecule has 0 atom stereocenters. The molecule has 0 aromatic heterocycles. The number of nitrogens with one attached hydrogen (secondary N) is 2. The van der Waals surface area contributed by atoms with Crippen LogP contribution in [-0.2, 0) is 4.79 Å². The lowest BCUT2D eigenvalue weighted by Gasteiger charge is -2.10. The zero-order valence-electron chi connectivity index (χ0n) is 10.2. The number of carbonyl (C=O) groups is 1. The predicted molar refractivity (Wildman–Crippen MR) is 75.4 cm³/mol. The molecular weight excluding hydrogens is 271 g/mol. The highest BCUT2D eigenvalue weighted by Crippen LogP contribution is 2.29. The third kappa shape index (κ3) is 3.79. The van der Waals surface area contributed by atoms with Crippen molar-refractivity contribution in [2.75, 3.05) is 18.4 Å². The molecule has 1 fully saturated rings. The Morgan fingerprint density at radius 3 is 2.72 bits per heavy atom. The number of rotatable bonds is 5. The molecule has 1 aromatic carbocycles. The van der Waals surface area contributed by atoms with Gasteiger partial charge in [-0.1, -0.05) is 23.2 Å². The summed E-state index contributed by atoms with van der Waals surface area (Å²) >= 11 is 12.1. The standard InChI is InChI=1S/C13H16Cl2N2O/c1-8-4-11(15)12(5-10(8)14)16-7-13(18)17-6-9-2-3-9/h4-5,9,16H,2-3,6-7H2,1H3,(H,17,18). The molecule has 0 heterocycles. The van der Waals surface area contributed by atoms with Crippen LogP contribution < -0.4 is 10.6 Å². The van der Waals surface area contributed by atoms with Gasteiger partial charge in [-0.15, -0.1) is 0 Å². The first-order chi connectivity index (χ1) is 8.56. The van der Waals surface area contributed by atoms with Crippen LogP contribution in [0.4, 0.5) is 5.69 Å². The van der Waals surface area contributed by atoms with Gasteiger partial charge in [0.05, 0.1) is 17.3 Å². The lowest BCUT2D eigenvalue weighted by atomic mass is 10.2. The highest BCUT2D eigenvalue weighted by atomic mass is 35.5. The summed E-state index contributed by atoms with van der Waals surface area (Å²) in [6, 6.07) is 3.53. The van der Waals surface area contributed by atoms with Crippen LogP contribution in [-0.4, -0.2) is 19.0 Å². The molecule has 1 amide bonds. The summed E-state index contributed by atoms with van der Waals surface area (Å²) in [5, 5.41) is 7.09. The molecular formula is C13H16Cl2N2O. The zero-order chi connectivity index (χ0) is 13.1. The van der Waals surface area contributed by atoms with Gasteiger partial charge in [0.1, 0.15) is 0 Å². The first-order valence-corrected chi connectivity index (χ1v) is 6.78. The van der Waals surface area contributed by atoms with Crippen molar-refractivity contribution in [3.8, 4) is 0 Å². The molecule has 0 bridgehead atoms. The largest absolute Gasteiger partial charge is 0.375 e. The molecule has 2 rings (SSSR count). The number of carbonyl (C=O) groups excluding carboxylic acids is 1. The van der Waals surface area contributed by atoms with Crippen molar-refractivity contribution in [1.29, 1.82) is 0 Å². The molecule has 1 aliphatic carbocycles. The third-order valence-electron chi connectivity index (χ3n) is 2.97. The smallest absolute Gasteiger partial charge is 0.239 e. The molecule has 1 aromatic rings. The lowest BCUT2D eigenvalue weighted by Crippen LogP contribution is -2.31. The Bertz CT molecular complexity index is 459. The molecule has 5 heteroatoms. The van der Waals surface area contributed by atoms with Crippen molar-refractivity contribution < 1.29 is 4.79 Å². The molecule has 0 unspecified atom stereocenters. The Morgan fingerprint density at radius 2 is 2.06 bits per heavy atom. The number of hydrogen-bond acceptors (Lipinski definition) is 2. The Balaban J connectivity index is 1.84. The number of halogens is 2. The van der Waals surface area contributed by atoms with E-state index >= 15 is 0 Å². The molecule has 3 nitrogen and oxygen atoms in total. The van der Waals surface area contributed by atoms with E-state index < -0.39 is 0 Å². The van der Waals surface area contributed by atoms with E-state index in [0.717, 1.165) is 12.1 Å². The Kier molecular flexibility index (Phi) is 4.36. The van der Waals surface area contributed by atoms with Gasteiger partial charge in [-0.2, -0.15) is 0 Å². The summed E-state index contributed by atoms with van der Waals surface area (Å²) in [7, 11) is 0. The molecule has 1 aliphatic rings. The van der Waals surface area contributed by atoms with Crippen molar-refractivity contribution in [1.82, 2.24) is 5.32 Å². The quantitative estimate of drug-likeness (QED) is 0.873. The number of benzene rings is 1. The maximum Gasteiger partial charge on any atom is 0.239 e. The second-order valence-corrected chi connectivity index (χ2v) is 5.50. The monoisotopic (exact) mass is 286 g/mol. The fraction of sp³-hybridized carbons (Fsp3) is 0.462. The van der Waals surface area contributed by atoms with Crippen molar-refractivity contribution in [3.63, 3.8) is 0 Å². The summed E-state index contributed by atoms with van der Waals surface area (Å²) in [4.78, 5) is 11.6. The van der Waals surface area contributed by atoms with E-state index in [0.29, 0.717) is 21.7 Å². The second kappa shape index (κ2) is 5.81. The van der Waals surface area contributed by atoms with Gasteiger partial charge in [-0.05, 0) is 43.4 Å². The van der Waals surface area contributed by atoms with Gasteiger partial charge in [0.15, 0.2) is 0 Å². The van der Waals surface area contributed by atoms with E-state index in [1.165, 1.54) is 12.8 Å². The van der Waals surface area contributed by atoms with Crippen LogP contribution in [0.5, 0.6) is 0 Å². The van der Waals surface area contributed by atoms with Crippen LogP contribution in [0.25, 0.3) is 0 Å². The van der Waals surface area contributed by atoms with Gasteiger partial charge in [0.25, 0.3) is 0 Å². The minimum absolute atomic E-state index is 0.0188. The van der Waals surface area contributed by atoms with Crippen LogP contribution in [0, 0.1) is 12.8 Å². The van der Waals surface area contributed by atoms with Crippen molar-refractivity contribution >= 4 is 34.8 Å². The van der Waals surface area contributed by atoms with E-state index in [9.17, 15) is 4.79 Å². The van der Waals surface area contributed by atoms with Crippen molar-refractivity contribution in [3.05, 3.63) is 27.7 Å². The molecule has 0 saturated heterocycles. The summed E-state index contributed by atoms with van der Waals surface area (Å²) in [6.45, 7) is 2.88. The maximum absolute atomic E-state index is 11.6. The van der Waals surface area contributed by atoms with Crippen LogP contribution in [0.2, 0.25) is 10.0 Å². The van der Waals surface area contributed by atoms with E-state index in [1.807, 2.05) is 6.92 Å². The van der Waals surface area contributed by atoms with E-state index in [-0.39, 0.29) is 12.5 Å². The van der Waals surface area contributed by atoms with Gasteiger partial charge in [-0.25, -0.2) is 0 Å². The van der Waals surface area contributed by atoms with Gasteiger partial charge in [-0.3, -0.25) is 4.79 Å². The predicted octanol–water partition coefficient (Wildman–Crippen LogP) is 3.24. The van der Waals surface area contributed by atoms with Crippen molar-refractivity contribution in [2.24, 2.45) is 5.92 Å². The van der Waals surface area contributed by atoms with E-state index in [1.54, 1.807) is 12.1 Å². The lowest BCUT2D eigenvalue weighted by molar-refractivity contribution is -0.119. The Hall–Kier alpha value is -0.930. The first-order valence-electron chi connectivity index (χ1n) is 6.02. The summed E-state index contributed by atoms with van der Waals surface area (Å²) < 4.78 is 0. The second-order valence-electron chi connectivity index (χ2n) is 4.68. The summed E-state index contributed by atoms with van der Waals surface area (Å²) in [6.07, 6.45) is 2.46. The average molecular weight is 287 g/mol. The molecule has 1 saturated carbocycles. The molecule has 2 N–H and O–H groups in total. The van der Waals surface area contributed by atoms with Gasteiger partial charge in [0, 0.05) is 11.6 Å². The van der Waals surface area contributed by atoms with Gasteiger partial charge >= 0.3 is 0 Å². The Morgan fingerprint density at radius 1 is 1.33 bits per heavy atom. The van der Waals surface area contributed by atoms with Crippen molar-refractivity contribution in [2.45, 2.75) is 19.8 Å². The minimum atomic E-state index is -0.0188. The van der Waals surface area contributed by atoms with Crippen LogP contribution in [0.3, 0.4) is 0 Å². The van der Waals surface area contributed by atoms with E-state index in [2.05, 4.69) is 10.6 Å². The van der Waals surface area contributed by atoms with E-state index in [4.69, 9.17) is 23.2 Å². The molecule has 0 spiro atoms. The normalized spacial score (nSPS) is 14.4. The highest BCUT2D eigenvalue weighted by Gasteiger charge is 2.21. The zero-order valence-corrected chi connectivity index (χ0v) is 11.7. The van der Waals surface area contributed by atoms with Crippen LogP contribution >= 0.6 is 23.2 Å². The number of amides is 1. The topological polar surface area (TPSA) is 41.1 Å². The van der Waals surface area contributed by atoms with Gasteiger partial charge in [0.2, 0.25) is 5.91 Å². The number of aryl methyl sites for hydroxylation is 1. The van der Waals surface area contributed by atoms with Crippen LogP contribution in [0.15, 0.2) is 12.1 Å². The fourth-order valence-corrected chi connectivity index (χ4v) is 2.05. The SMILES string of the molecule is Cc1cc(Cl)c(NCC(=O)NCC2CC2)cc1Cl. The Labute approximate surface area is 117 Å². The maximum atomic E-state index is 11.6. The minimum Gasteiger partial charge on any atom is -0.375 e. The average Bonchev–Trinajstić information content (AvgIpc) is 3.13. The number of anilines is 1. The highest BCUT2D eigenvalue weighted by molar-refractivity contribution is 6.35.